The Bertz CT molecular complexity index is 1700. The van der Waals surface area contributed by atoms with E-state index in [1.807, 2.05) is 54.6 Å². The molecule has 0 unspecified atom stereocenters. The minimum absolute atomic E-state index is 0.0512. The van der Waals surface area contributed by atoms with E-state index in [1.54, 1.807) is 12.1 Å². The molecule has 0 fully saturated rings. The number of carbonyl (C=O) groups excluding carboxylic acids is 1. The normalized spacial score (nSPS) is 11.0. The van der Waals surface area contributed by atoms with E-state index in [-0.39, 0.29) is 30.4 Å². The first kappa shape index (κ1) is 27.9. The van der Waals surface area contributed by atoms with Crippen LogP contribution in [0.2, 0.25) is 0 Å². The number of carbonyl (C=O) groups is 1. The van der Waals surface area contributed by atoms with Crippen LogP contribution in [0, 0.1) is 24.0 Å². The molecule has 10 heteroatoms. The molecule has 10 nitrogen and oxygen atoms in total. The van der Waals surface area contributed by atoms with Crippen molar-refractivity contribution in [2.24, 2.45) is 5.10 Å². The van der Waals surface area contributed by atoms with Crippen molar-refractivity contribution in [2.45, 2.75) is 27.1 Å². The predicted octanol–water partition coefficient (Wildman–Crippen LogP) is 6.52. The van der Waals surface area contributed by atoms with Crippen LogP contribution in [-0.4, -0.2) is 21.6 Å². The van der Waals surface area contributed by atoms with Crippen LogP contribution in [0.15, 0.2) is 107 Å². The molecule has 2 aromatic heterocycles. The van der Waals surface area contributed by atoms with Gasteiger partial charge in [0, 0.05) is 28.7 Å². The summed E-state index contributed by atoms with van der Waals surface area (Å²) in [5, 5.41) is 15.5. The number of aromatic nitrogens is 1. The number of amides is 1. The van der Waals surface area contributed by atoms with Gasteiger partial charge in [0.1, 0.15) is 24.7 Å². The average Bonchev–Trinajstić information content (AvgIpc) is 3.62. The number of nitro groups is 1. The van der Waals surface area contributed by atoms with E-state index in [4.69, 9.17) is 13.9 Å². The first-order valence-electron chi connectivity index (χ1n) is 13.1. The van der Waals surface area contributed by atoms with Crippen molar-refractivity contribution < 1.29 is 23.6 Å². The smallest absolute Gasteiger partial charge is 0.311 e. The van der Waals surface area contributed by atoms with Crippen molar-refractivity contribution in [1.82, 2.24) is 9.99 Å². The quantitative estimate of drug-likeness (QED) is 0.111. The van der Waals surface area contributed by atoms with Crippen molar-refractivity contribution in [1.29, 1.82) is 0 Å². The Balaban J connectivity index is 1.14. The van der Waals surface area contributed by atoms with E-state index in [0.29, 0.717) is 17.1 Å². The molecule has 0 aliphatic carbocycles. The van der Waals surface area contributed by atoms with Crippen molar-refractivity contribution in [3.8, 4) is 17.2 Å². The van der Waals surface area contributed by atoms with Gasteiger partial charge < -0.3 is 18.5 Å². The van der Waals surface area contributed by atoms with Crippen LogP contribution in [0.25, 0.3) is 5.69 Å². The lowest BCUT2D eigenvalue weighted by Gasteiger charge is -2.10. The van der Waals surface area contributed by atoms with Gasteiger partial charge in [0.05, 0.1) is 11.1 Å². The summed E-state index contributed by atoms with van der Waals surface area (Å²) in [5.41, 5.74) is 6.80. The maximum Gasteiger partial charge on any atom is 0.311 e. The lowest BCUT2D eigenvalue weighted by Crippen LogP contribution is -2.16. The number of nitrogens with zero attached hydrogens (tertiary/aromatic N) is 3. The van der Waals surface area contributed by atoms with Crippen molar-refractivity contribution >= 4 is 17.8 Å². The summed E-state index contributed by atoms with van der Waals surface area (Å²) in [5.74, 6) is 0.746. The Morgan fingerprint density at radius 3 is 2.38 bits per heavy atom. The van der Waals surface area contributed by atoms with Crippen LogP contribution in [0.5, 0.6) is 11.5 Å². The number of ether oxygens (including phenoxy) is 2. The number of rotatable bonds is 11. The fourth-order valence-electron chi connectivity index (χ4n) is 4.33. The third kappa shape index (κ3) is 6.73. The predicted molar refractivity (Wildman–Crippen MR) is 157 cm³/mol. The minimum Gasteiger partial charge on any atom is -0.486 e. The molecular weight excluding hydrogens is 536 g/mol. The SMILES string of the molecule is Cc1ccc(C)n1-c1ccc(OCc2ccc(C(=O)N/N=C/c3ccc(OCc4ccccc4)c([N+](=O)[O-])c3)o2)cc1. The highest BCUT2D eigenvalue weighted by atomic mass is 16.6. The Morgan fingerprint density at radius 1 is 0.929 bits per heavy atom. The fourth-order valence-corrected chi connectivity index (χ4v) is 4.33. The molecule has 42 heavy (non-hydrogen) atoms. The van der Waals surface area contributed by atoms with Gasteiger partial charge in [0.15, 0.2) is 11.5 Å². The zero-order valence-corrected chi connectivity index (χ0v) is 23.0. The van der Waals surface area contributed by atoms with Gasteiger partial charge in [0.2, 0.25) is 0 Å². The summed E-state index contributed by atoms with van der Waals surface area (Å²) in [7, 11) is 0. The van der Waals surface area contributed by atoms with Crippen molar-refractivity contribution in [3.05, 3.63) is 141 Å². The molecule has 5 aromatic rings. The number of hydrazone groups is 1. The molecule has 0 spiro atoms. The number of aryl methyl sites for hydroxylation is 2. The van der Waals surface area contributed by atoms with E-state index in [9.17, 15) is 14.9 Å². The molecule has 0 bridgehead atoms. The zero-order valence-electron chi connectivity index (χ0n) is 23.0. The van der Waals surface area contributed by atoms with Gasteiger partial charge in [-0.15, -0.1) is 0 Å². The number of benzene rings is 3. The third-order valence-electron chi connectivity index (χ3n) is 6.43. The van der Waals surface area contributed by atoms with E-state index in [2.05, 4.69) is 41.1 Å². The molecule has 0 atom stereocenters. The molecule has 3 aromatic carbocycles. The highest BCUT2D eigenvalue weighted by molar-refractivity contribution is 5.92. The van der Waals surface area contributed by atoms with Gasteiger partial charge in [-0.25, -0.2) is 5.43 Å². The van der Waals surface area contributed by atoms with Crippen LogP contribution in [0.1, 0.15) is 38.8 Å². The number of furan rings is 1. The average molecular weight is 565 g/mol. The second-order valence-electron chi connectivity index (χ2n) is 9.46. The number of nitrogens with one attached hydrogen (secondary N) is 1. The third-order valence-corrected chi connectivity index (χ3v) is 6.43. The molecule has 0 saturated carbocycles. The van der Waals surface area contributed by atoms with Crippen LogP contribution in [0.4, 0.5) is 5.69 Å². The Kier molecular flexibility index (Phi) is 8.43. The maximum absolute atomic E-state index is 12.5. The first-order valence-corrected chi connectivity index (χ1v) is 13.1. The van der Waals surface area contributed by atoms with E-state index < -0.39 is 10.8 Å². The molecule has 1 amide bonds. The van der Waals surface area contributed by atoms with E-state index in [0.717, 1.165) is 22.6 Å². The van der Waals surface area contributed by atoms with Gasteiger partial charge >= 0.3 is 11.6 Å². The lowest BCUT2D eigenvalue weighted by atomic mass is 10.2. The molecule has 1 N–H and O–H groups in total. The standard InChI is InChI=1S/C32H28N4O6/c1-22-8-9-23(2)35(22)26-11-13-27(14-12-26)40-21-28-15-17-31(42-28)32(37)34-33-19-25-10-16-30(29(18-25)36(38)39)41-20-24-6-4-3-5-7-24/h3-19H,20-21H2,1-2H3,(H,34,37)/b33-19+. The Labute approximate surface area is 242 Å². The molecular formula is C32H28N4O6. The molecule has 2 heterocycles. The van der Waals surface area contributed by atoms with Crippen LogP contribution in [-0.2, 0) is 13.2 Å². The zero-order chi connectivity index (χ0) is 29.5. The highest BCUT2D eigenvalue weighted by Crippen LogP contribution is 2.28. The first-order chi connectivity index (χ1) is 20.4. The highest BCUT2D eigenvalue weighted by Gasteiger charge is 2.16. The monoisotopic (exact) mass is 564 g/mol. The molecule has 5 rings (SSSR count). The molecule has 0 aliphatic heterocycles. The summed E-state index contributed by atoms with van der Waals surface area (Å²) >= 11 is 0. The van der Waals surface area contributed by atoms with Gasteiger partial charge in [0.25, 0.3) is 0 Å². The minimum atomic E-state index is -0.573. The molecule has 0 radical (unpaired) electrons. The second kappa shape index (κ2) is 12.7. The van der Waals surface area contributed by atoms with Gasteiger partial charge in [-0.05, 0) is 80.1 Å². The second-order valence-corrected chi connectivity index (χ2v) is 9.46. The number of nitro benzene ring substituents is 1. The Hall–Kier alpha value is -5.64. The molecule has 0 saturated heterocycles. The summed E-state index contributed by atoms with van der Waals surface area (Å²) in [6.45, 7) is 4.45. The maximum atomic E-state index is 12.5. The lowest BCUT2D eigenvalue weighted by molar-refractivity contribution is -0.385. The summed E-state index contributed by atoms with van der Waals surface area (Å²) in [4.78, 5) is 23.5. The fraction of sp³-hybridized carbons (Fsp3) is 0.125. The molecule has 212 valence electrons. The van der Waals surface area contributed by atoms with Crippen molar-refractivity contribution in [2.75, 3.05) is 0 Å². The summed E-state index contributed by atoms with van der Waals surface area (Å²) in [6, 6.07) is 28.8. The van der Waals surface area contributed by atoms with Gasteiger partial charge in [-0.2, -0.15) is 5.10 Å². The van der Waals surface area contributed by atoms with E-state index >= 15 is 0 Å². The van der Waals surface area contributed by atoms with Crippen LogP contribution < -0.4 is 14.9 Å². The summed E-state index contributed by atoms with van der Waals surface area (Å²) < 4.78 is 19.2. The molecule has 0 aliphatic rings. The van der Waals surface area contributed by atoms with Crippen LogP contribution >= 0.6 is 0 Å². The topological polar surface area (TPSA) is 121 Å². The van der Waals surface area contributed by atoms with Crippen LogP contribution in [0.3, 0.4) is 0 Å². The number of hydrogen-bond donors (Lipinski definition) is 1. The Morgan fingerprint density at radius 2 is 1.67 bits per heavy atom. The largest absolute Gasteiger partial charge is 0.486 e. The number of hydrogen-bond acceptors (Lipinski definition) is 7. The van der Waals surface area contributed by atoms with Gasteiger partial charge in [-0.3, -0.25) is 14.9 Å². The van der Waals surface area contributed by atoms with Gasteiger partial charge in [-0.1, -0.05) is 30.3 Å². The van der Waals surface area contributed by atoms with E-state index in [1.165, 1.54) is 24.4 Å². The van der Waals surface area contributed by atoms with Crippen molar-refractivity contribution in [3.63, 3.8) is 0 Å². The summed E-state index contributed by atoms with van der Waals surface area (Å²) in [6.07, 6.45) is 1.30.